The van der Waals surface area contributed by atoms with E-state index in [-0.39, 0.29) is 36.2 Å². The Kier molecular flexibility index (Phi) is 8.64. The number of piperidine rings is 1. The highest BCUT2D eigenvalue weighted by molar-refractivity contribution is 5.90. The van der Waals surface area contributed by atoms with Gasteiger partial charge in [0, 0.05) is 42.9 Å². The van der Waals surface area contributed by atoms with Crippen molar-refractivity contribution in [3.05, 3.63) is 64.8 Å². The molecule has 1 aliphatic carbocycles. The minimum Gasteiger partial charge on any atom is -0.497 e. The SMILES string of the molecule is CCOC(=O)Cc1ccc(C(=O)OC2CC3CN4CCc5c([nH]c6cc(OC)ccc56)C4CC3C(C(=O)OC)C2OC)cc1. The van der Waals surface area contributed by atoms with E-state index in [1.165, 1.54) is 23.8 Å². The van der Waals surface area contributed by atoms with Crippen molar-refractivity contribution < 1.29 is 38.1 Å². The number of carbonyl (C=O) groups is 3. The summed E-state index contributed by atoms with van der Waals surface area (Å²) < 4.78 is 27.8. The monoisotopic (exact) mass is 604 g/mol. The molecule has 1 aromatic heterocycles. The zero-order chi connectivity index (χ0) is 31.0. The molecular formula is C34H40N2O8. The lowest BCUT2D eigenvalue weighted by molar-refractivity contribution is -0.176. The fourth-order valence-electron chi connectivity index (χ4n) is 7.70. The Morgan fingerprint density at radius 1 is 1.02 bits per heavy atom. The molecule has 0 bridgehead atoms. The summed E-state index contributed by atoms with van der Waals surface area (Å²) in [5.74, 6) is -0.805. The number of hydrogen-bond acceptors (Lipinski definition) is 9. The van der Waals surface area contributed by atoms with Crippen LogP contribution >= 0.6 is 0 Å². The zero-order valence-corrected chi connectivity index (χ0v) is 25.7. The molecule has 2 aromatic carbocycles. The number of benzene rings is 2. The molecule has 234 valence electrons. The van der Waals surface area contributed by atoms with Crippen LogP contribution < -0.4 is 4.74 Å². The number of aromatic amines is 1. The molecule has 6 rings (SSSR count). The van der Waals surface area contributed by atoms with Gasteiger partial charge in [-0.15, -0.1) is 0 Å². The highest BCUT2D eigenvalue weighted by atomic mass is 16.6. The standard InChI is InChI=1S/C34H40N2O8/c1-5-43-29(37)14-19-6-8-20(9-7-19)33(38)44-28-15-21-18-36-13-12-24-23-11-10-22(40-2)16-26(23)35-31(24)27(36)17-25(21)30(32(28)41-3)34(39)42-4/h6-11,16,21,25,27-28,30,32,35H,5,12-15,17-18H2,1-4H3. The fraction of sp³-hybridized carbons (Fsp3) is 0.500. The second kappa shape index (κ2) is 12.6. The summed E-state index contributed by atoms with van der Waals surface area (Å²) in [6, 6.07) is 13.0. The van der Waals surface area contributed by atoms with Crippen molar-refractivity contribution >= 4 is 28.8 Å². The van der Waals surface area contributed by atoms with Crippen LogP contribution in [0.15, 0.2) is 42.5 Å². The van der Waals surface area contributed by atoms with Crippen LogP contribution in [0.25, 0.3) is 10.9 Å². The molecule has 1 N–H and O–H groups in total. The van der Waals surface area contributed by atoms with Gasteiger partial charge in [0.2, 0.25) is 0 Å². The Bertz CT molecular complexity index is 1530. The Hall–Kier alpha value is -3.89. The second-order valence-corrected chi connectivity index (χ2v) is 12.0. The van der Waals surface area contributed by atoms with Gasteiger partial charge in [-0.1, -0.05) is 12.1 Å². The van der Waals surface area contributed by atoms with E-state index in [0.29, 0.717) is 18.6 Å². The lowest BCUT2D eigenvalue weighted by atomic mass is 9.63. The van der Waals surface area contributed by atoms with Crippen molar-refractivity contribution in [3.8, 4) is 5.75 Å². The first kappa shape index (κ1) is 30.1. The van der Waals surface area contributed by atoms with Gasteiger partial charge in [-0.3, -0.25) is 14.5 Å². The normalized spacial score (nSPS) is 26.2. The molecule has 6 atom stereocenters. The van der Waals surface area contributed by atoms with Gasteiger partial charge < -0.3 is 28.7 Å². The lowest BCUT2D eigenvalue weighted by Gasteiger charge is -2.52. The molecule has 3 aliphatic rings. The quantitative estimate of drug-likeness (QED) is 0.298. The molecule has 0 spiro atoms. The summed E-state index contributed by atoms with van der Waals surface area (Å²) in [6.45, 7) is 3.78. The first-order valence-corrected chi connectivity index (χ1v) is 15.3. The van der Waals surface area contributed by atoms with Crippen LogP contribution in [0.5, 0.6) is 5.75 Å². The summed E-state index contributed by atoms with van der Waals surface area (Å²) in [5, 5.41) is 1.21. The van der Waals surface area contributed by atoms with Crippen LogP contribution in [-0.2, 0) is 41.4 Å². The summed E-state index contributed by atoms with van der Waals surface area (Å²) in [6.07, 6.45) is 1.16. The molecule has 3 aromatic rings. The van der Waals surface area contributed by atoms with Gasteiger partial charge in [0.05, 0.1) is 44.8 Å². The number of methoxy groups -OCH3 is 3. The number of carbonyl (C=O) groups excluding carboxylic acids is 3. The maximum Gasteiger partial charge on any atom is 0.338 e. The van der Waals surface area contributed by atoms with E-state index in [2.05, 4.69) is 16.0 Å². The van der Waals surface area contributed by atoms with E-state index >= 15 is 0 Å². The molecule has 0 amide bonds. The number of H-pyrrole nitrogens is 1. The van der Waals surface area contributed by atoms with Crippen molar-refractivity contribution in [2.24, 2.45) is 17.8 Å². The molecule has 10 nitrogen and oxygen atoms in total. The third-order valence-electron chi connectivity index (χ3n) is 9.70. The largest absolute Gasteiger partial charge is 0.497 e. The summed E-state index contributed by atoms with van der Waals surface area (Å²) in [5.41, 5.74) is 4.71. The number of aromatic nitrogens is 1. The van der Waals surface area contributed by atoms with Gasteiger partial charge in [-0.25, -0.2) is 4.79 Å². The predicted molar refractivity (Wildman–Crippen MR) is 161 cm³/mol. The van der Waals surface area contributed by atoms with Crippen LogP contribution in [-0.4, -0.2) is 81.0 Å². The molecule has 2 fully saturated rings. The topological polar surface area (TPSA) is 116 Å². The molecule has 44 heavy (non-hydrogen) atoms. The highest BCUT2D eigenvalue weighted by Crippen LogP contribution is 2.50. The van der Waals surface area contributed by atoms with E-state index in [4.69, 9.17) is 23.7 Å². The minimum absolute atomic E-state index is 0.00217. The summed E-state index contributed by atoms with van der Waals surface area (Å²) >= 11 is 0. The van der Waals surface area contributed by atoms with E-state index < -0.39 is 24.1 Å². The highest BCUT2D eigenvalue weighted by Gasteiger charge is 2.54. The zero-order valence-electron chi connectivity index (χ0n) is 25.7. The number of hydrogen-bond donors (Lipinski definition) is 1. The molecule has 1 saturated carbocycles. The third-order valence-corrected chi connectivity index (χ3v) is 9.70. The van der Waals surface area contributed by atoms with Crippen molar-refractivity contribution in [2.75, 3.05) is 41.0 Å². The Balaban J connectivity index is 1.23. The van der Waals surface area contributed by atoms with Crippen LogP contribution in [0.1, 0.15) is 53.0 Å². The first-order chi connectivity index (χ1) is 21.3. The number of ether oxygens (including phenoxy) is 5. The molecule has 0 radical (unpaired) electrons. The second-order valence-electron chi connectivity index (χ2n) is 12.0. The summed E-state index contributed by atoms with van der Waals surface area (Å²) in [4.78, 5) is 44.7. The van der Waals surface area contributed by atoms with Gasteiger partial charge in [0.25, 0.3) is 0 Å². The van der Waals surface area contributed by atoms with Gasteiger partial charge in [-0.2, -0.15) is 0 Å². The molecule has 1 saturated heterocycles. The average Bonchev–Trinajstić information content (AvgIpc) is 3.41. The Labute approximate surface area is 256 Å². The fourth-order valence-corrected chi connectivity index (χ4v) is 7.70. The molecular weight excluding hydrogens is 564 g/mol. The minimum atomic E-state index is -0.641. The van der Waals surface area contributed by atoms with Gasteiger partial charge in [0.1, 0.15) is 18.0 Å². The van der Waals surface area contributed by atoms with E-state index in [1.54, 1.807) is 45.4 Å². The van der Waals surface area contributed by atoms with Gasteiger partial charge in [0.15, 0.2) is 0 Å². The Morgan fingerprint density at radius 2 is 1.82 bits per heavy atom. The van der Waals surface area contributed by atoms with Crippen molar-refractivity contribution in [1.29, 1.82) is 0 Å². The Morgan fingerprint density at radius 3 is 2.52 bits per heavy atom. The number of esters is 3. The van der Waals surface area contributed by atoms with E-state index in [9.17, 15) is 14.4 Å². The first-order valence-electron chi connectivity index (χ1n) is 15.3. The maximum atomic E-state index is 13.4. The predicted octanol–water partition coefficient (Wildman–Crippen LogP) is 4.25. The molecule has 10 heteroatoms. The van der Waals surface area contributed by atoms with Crippen LogP contribution in [0.4, 0.5) is 0 Å². The maximum absolute atomic E-state index is 13.4. The molecule has 2 aliphatic heterocycles. The van der Waals surface area contributed by atoms with Crippen LogP contribution in [0, 0.1) is 17.8 Å². The molecule has 3 heterocycles. The van der Waals surface area contributed by atoms with Crippen LogP contribution in [0.2, 0.25) is 0 Å². The number of rotatable bonds is 8. The van der Waals surface area contributed by atoms with Crippen molar-refractivity contribution in [2.45, 2.75) is 50.9 Å². The smallest absolute Gasteiger partial charge is 0.338 e. The third kappa shape index (κ3) is 5.57. The van der Waals surface area contributed by atoms with E-state index in [0.717, 1.165) is 42.8 Å². The summed E-state index contributed by atoms with van der Waals surface area (Å²) in [7, 11) is 4.63. The van der Waals surface area contributed by atoms with Crippen LogP contribution in [0.3, 0.4) is 0 Å². The number of fused-ring (bicyclic) bond motifs is 6. The van der Waals surface area contributed by atoms with Gasteiger partial charge in [-0.05, 0) is 73.4 Å². The average molecular weight is 605 g/mol. The molecule has 6 unspecified atom stereocenters. The van der Waals surface area contributed by atoms with Crippen molar-refractivity contribution in [1.82, 2.24) is 9.88 Å². The van der Waals surface area contributed by atoms with Gasteiger partial charge >= 0.3 is 17.9 Å². The number of nitrogens with one attached hydrogen (secondary N) is 1. The lowest BCUT2D eigenvalue weighted by Crippen LogP contribution is -2.58. The number of nitrogens with zero attached hydrogens (tertiary/aromatic N) is 1. The van der Waals surface area contributed by atoms with E-state index in [1.807, 2.05) is 12.1 Å². The van der Waals surface area contributed by atoms with Crippen molar-refractivity contribution in [3.63, 3.8) is 0 Å².